The average molecular weight is 395 g/mol. The minimum atomic E-state index is 0.174. The predicted molar refractivity (Wildman–Crippen MR) is 111 cm³/mol. The molecule has 2 aromatic carbocycles. The molecule has 1 N–H and O–H groups in total. The Morgan fingerprint density at radius 2 is 1.78 bits per heavy atom. The molecule has 0 aliphatic heterocycles. The third-order valence-electron chi connectivity index (χ3n) is 4.47. The summed E-state index contributed by atoms with van der Waals surface area (Å²) < 4.78 is 1.97. The zero-order chi connectivity index (χ0) is 19.1. The fraction of sp³-hybridized carbons (Fsp3) is 0.143. The normalized spacial score (nSPS) is 11.3. The molecule has 0 bridgehead atoms. The van der Waals surface area contributed by atoms with Crippen LogP contribution in [0.4, 0.5) is 11.5 Å². The maximum atomic E-state index is 9.79. The number of aromatic nitrogens is 2. The van der Waals surface area contributed by atoms with Crippen LogP contribution in [-0.2, 0) is 0 Å². The Bertz CT molecular complexity index is 1200. The van der Waals surface area contributed by atoms with E-state index in [0.29, 0.717) is 21.3 Å². The molecule has 0 saturated heterocycles. The van der Waals surface area contributed by atoms with Crippen LogP contribution in [-0.4, -0.2) is 9.38 Å². The van der Waals surface area contributed by atoms with Crippen LogP contribution in [0.1, 0.15) is 30.9 Å². The van der Waals surface area contributed by atoms with Gasteiger partial charge in [0, 0.05) is 15.7 Å². The molecule has 0 spiro atoms. The van der Waals surface area contributed by atoms with Crippen molar-refractivity contribution in [2.45, 2.75) is 19.8 Å². The third-order valence-corrected chi connectivity index (χ3v) is 4.91. The molecule has 27 heavy (non-hydrogen) atoms. The summed E-state index contributed by atoms with van der Waals surface area (Å²) in [4.78, 5) is 4.71. The number of anilines is 2. The number of nitrogens with one attached hydrogen (secondary N) is 1. The van der Waals surface area contributed by atoms with Crippen LogP contribution in [0, 0.1) is 11.3 Å². The first-order chi connectivity index (χ1) is 13.0. The second kappa shape index (κ2) is 6.77. The lowest BCUT2D eigenvalue weighted by molar-refractivity contribution is 0.860. The summed E-state index contributed by atoms with van der Waals surface area (Å²) in [5.74, 6) is 0.979. The molecule has 0 amide bonds. The van der Waals surface area contributed by atoms with Crippen molar-refractivity contribution in [3.8, 4) is 6.07 Å². The molecule has 4 nitrogen and oxygen atoms in total. The smallest absolute Gasteiger partial charge is 0.157 e. The van der Waals surface area contributed by atoms with Gasteiger partial charge < -0.3 is 5.32 Å². The minimum Gasteiger partial charge on any atom is -0.341 e. The Morgan fingerprint density at radius 3 is 2.44 bits per heavy atom. The number of hydrogen-bond donors (Lipinski definition) is 1. The van der Waals surface area contributed by atoms with Crippen LogP contribution < -0.4 is 5.32 Å². The molecule has 6 heteroatoms. The summed E-state index contributed by atoms with van der Waals surface area (Å²) >= 11 is 12.3. The highest BCUT2D eigenvalue weighted by Crippen LogP contribution is 2.33. The number of hydrogen-bond acceptors (Lipinski definition) is 3. The standard InChI is InChI=1S/C21H16Cl2N4/c1-12(2)16-10-20(25-15-8-13(22)7-14(23)9-15)27-19-6-4-3-5-18(19)26-21(27)17(16)11-24/h3-10,12,25H,1-2H3. The Hall–Kier alpha value is -2.74. The zero-order valence-corrected chi connectivity index (χ0v) is 16.3. The summed E-state index contributed by atoms with van der Waals surface area (Å²) in [7, 11) is 0. The van der Waals surface area contributed by atoms with E-state index in [1.807, 2.05) is 46.9 Å². The summed E-state index contributed by atoms with van der Waals surface area (Å²) in [5.41, 5.74) is 4.70. The van der Waals surface area contributed by atoms with E-state index in [1.54, 1.807) is 6.07 Å². The summed E-state index contributed by atoms with van der Waals surface area (Å²) in [6.45, 7) is 4.13. The van der Waals surface area contributed by atoms with Crippen molar-refractivity contribution in [1.82, 2.24) is 9.38 Å². The van der Waals surface area contributed by atoms with Crippen LogP contribution in [0.25, 0.3) is 16.7 Å². The van der Waals surface area contributed by atoms with Gasteiger partial charge in [-0.1, -0.05) is 49.2 Å². The fourth-order valence-corrected chi connectivity index (χ4v) is 3.81. The number of imidazole rings is 1. The third kappa shape index (κ3) is 3.10. The lowest BCUT2D eigenvalue weighted by Gasteiger charge is -2.16. The second-order valence-electron chi connectivity index (χ2n) is 6.67. The van der Waals surface area contributed by atoms with E-state index in [-0.39, 0.29) is 5.92 Å². The van der Waals surface area contributed by atoms with E-state index < -0.39 is 0 Å². The van der Waals surface area contributed by atoms with Crippen molar-refractivity contribution < 1.29 is 0 Å². The van der Waals surface area contributed by atoms with Gasteiger partial charge in [-0.25, -0.2) is 4.98 Å². The van der Waals surface area contributed by atoms with Gasteiger partial charge in [0.05, 0.1) is 16.6 Å². The number of halogens is 2. The van der Waals surface area contributed by atoms with Crippen LogP contribution >= 0.6 is 23.2 Å². The molecule has 4 aromatic rings. The van der Waals surface area contributed by atoms with Gasteiger partial charge in [-0.15, -0.1) is 0 Å². The summed E-state index contributed by atoms with van der Waals surface area (Å²) in [6.07, 6.45) is 0. The molecule has 0 saturated carbocycles. The highest BCUT2D eigenvalue weighted by atomic mass is 35.5. The van der Waals surface area contributed by atoms with Gasteiger partial charge in [0.25, 0.3) is 0 Å². The molecule has 0 unspecified atom stereocenters. The number of rotatable bonds is 3. The highest BCUT2D eigenvalue weighted by molar-refractivity contribution is 6.35. The molecule has 4 rings (SSSR count). The van der Waals surface area contributed by atoms with Gasteiger partial charge >= 0.3 is 0 Å². The van der Waals surface area contributed by atoms with E-state index in [9.17, 15) is 5.26 Å². The number of nitrogens with zero attached hydrogens (tertiary/aromatic N) is 3. The molecular weight excluding hydrogens is 379 g/mol. The topological polar surface area (TPSA) is 53.1 Å². The number of para-hydroxylation sites is 2. The van der Waals surface area contributed by atoms with E-state index in [2.05, 4.69) is 25.2 Å². The monoisotopic (exact) mass is 394 g/mol. The van der Waals surface area contributed by atoms with Crippen molar-refractivity contribution in [3.63, 3.8) is 0 Å². The molecule has 0 atom stereocenters. The van der Waals surface area contributed by atoms with Crippen LogP contribution in [0.15, 0.2) is 48.5 Å². The lowest BCUT2D eigenvalue weighted by Crippen LogP contribution is -2.04. The quantitative estimate of drug-likeness (QED) is 0.429. The first-order valence-corrected chi connectivity index (χ1v) is 9.31. The van der Waals surface area contributed by atoms with Crippen molar-refractivity contribution in [1.29, 1.82) is 5.26 Å². The number of pyridine rings is 1. The van der Waals surface area contributed by atoms with Crippen LogP contribution in [0.3, 0.4) is 0 Å². The Labute approximate surface area is 167 Å². The maximum absolute atomic E-state index is 9.79. The lowest BCUT2D eigenvalue weighted by atomic mass is 9.99. The number of fused-ring (bicyclic) bond motifs is 3. The van der Waals surface area contributed by atoms with Gasteiger partial charge in [0.2, 0.25) is 0 Å². The molecule has 134 valence electrons. The van der Waals surface area contributed by atoms with Crippen molar-refractivity contribution in [2.24, 2.45) is 0 Å². The van der Waals surface area contributed by atoms with Crippen molar-refractivity contribution >= 4 is 51.4 Å². The summed E-state index contributed by atoms with van der Waals surface area (Å²) in [5, 5.41) is 14.3. The molecule has 0 aliphatic rings. The van der Waals surface area contributed by atoms with E-state index >= 15 is 0 Å². The molecule has 0 fully saturated rings. The average Bonchev–Trinajstić information content (AvgIpc) is 3.00. The first kappa shape index (κ1) is 17.7. The molecule has 0 radical (unpaired) electrons. The van der Waals surface area contributed by atoms with Gasteiger partial charge in [-0.05, 0) is 47.9 Å². The Kier molecular flexibility index (Phi) is 4.43. The molecule has 2 heterocycles. The van der Waals surface area contributed by atoms with Crippen LogP contribution in [0.2, 0.25) is 10.0 Å². The predicted octanol–water partition coefficient (Wildman–Crippen LogP) is 6.53. The summed E-state index contributed by atoms with van der Waals surface area (Å²) in [6, 6.07) is 17.5. The van der Waals surface area contributed by atoms with Gasteiger partial charge in [0.1, 0.15) is 11.9 Å². The van der Waals surface area contributed by atoms with Crippen molar-refractivity contribution in [2.75, 3.05) is 5.32 Å². The maximum Gasteiger partial charge on any atom is 0.157 e. The van der Waals surface area contributed by atoms with Crippen molar-refractivity contribution in [3.05, 3.63) is 69.7 Å². The largest absolute Gasteiger partial charge is 0.341 e. The molecular formula is C21H16Cl2N4. The highest BCUT2D eigenvalue weighted by Gasteiger charge is 2.18. The van der Waals surface area contributed by atoms with E-state index in [0.717, 1.165) is 28.1 Å². The number of benzene rings is 2. The Balaban J connectivity index is 2.05. The molecule has 2 aromatic heterocycles. The Morgan fingerprint density at radius 1 is 1.07 bits per heavy atom. The molecule has 0 aliphatic carbocycles. The zero-order valence-electron chi connectivity index (χ0n) is 14.8. The first-order valence-electron chi connectivity index (χ1n) is 8.55. The van der Waals surface area contributed by atoms with Gasteiger partial charge in [-0.3, -0.25) is 4.40 Å². The van der Waals surface area contributed by atoms with Crippen LogP contribution in [0.5, 0.6) is 0 Å². The van der Waals surface area contributed by atoms with Gasteiger partial charge in [-0.2, -0.15) is 5.26 Å². The number of nitriles is 1. The second-order valence-corrected chi connectivity index (χ2v) is 7.54. The van der Waals surface area contributed by atoms with Gasteiger partial charge in [0.15, 0.2) is 5.65 Å². The fourth-order valence-electron chi connectivity index (χ4n) is 3.29. The minimum absolute atomic E-state index is 0.174. The van der Waals surface area contributed by atoms with E-state index in [4.69, 9.17) is 28.2 Å². The van der Waals surface area contributed by atoms with E-state index in [1.165, 1.54) is 0 Å². The SMILES string of the molecule is CC(C)c1cc(Nc2cc(Cl)cc(Cl)c2)n2c(nc3ccccc32)c1C#N.